The number of benzene rings is 2. The highest BCUT2D eigenvalue weighted by Crippen LogP contribution is 2.37. The molecule has 418 valence electrons. The molecule has 2 amide bonds. The maximum atomic E-state index is 13.7. The number of hydrogen-bond donors (Lipinski definition) is 4. The summed E-state index contributed by atoms with van der Waals surface area (Å²) in [6.45, 7) is 16.8. The molecule has 4 aliphatic heterocycles. The van der Waals surface area contributed by atoms with Gasteiger partial charge in [0, 0.05) is 106 Å². The molecule has 6 atom stereocenters. The number of halogens is 1. The number of nitrogens with one attached hydrogen (secondary N) is 1. The molecule has 22 heteroatoms. The van der Waals surface area contributed by atoms with Gasteiger partial charge in [0.15, 0.2) is 0 Å². The lowest BCUT2D eigenvalue weighted by atomic mass is 10.0. The number of rotatable bonds is 20. The molecule has 0 aliphatic carbocycles. The first-order chi connectivity index (χ1) is 36.9. The van der Waals surface area contributed by atoms with Crippen molar-refractivity contribution < 1.29 is 44.0 Å². The van der Waals surface area contributed by atoms with E-state index in [9.17, 15) is 44.6 Å². The Morgan fingerprint density at radius 2 is 1.38 bits per heavy atom. The Morgan fingerprint density at radius 3 is 1.97 bits per heavy atom. The van der Waals surface area contributed by atoms with Crippen molar-refractivity contribution in [3.05, 3.63) is 65.3 Å². The van der Waals surface area contributed by atoms with Crippen molar-refractivity contribution in [2.24, 2.45) is 0 Å². The molecule has 21 nitrogen and oxygen atoms in total. The van der Waals surface area contributed by atoms with Crippen LogP contribution >= 0.6 is 11.6 Å². The van der Waals surface area contributed by atoms with Crippen molar-refractivity contribution in [1.29, 1.82) is 5.26 Å². The number of nitriles is 1. The third-order valence-electron chi connectivity index (χ3n) is 15.7. The van der Waals surface area contributed by atoms with Crippen LogP contribution < -0.4 is 19.9 Å². The van der Waals surface area contributed by atoms with Crippen molar-refractivity contribution in [3.8, 4) is 12.1 Å². The van der Waals surface area contributed by atoms with Gasteiger partial charge in [-0.15, -0.1) is 0 Å². The lowest BCUT2D eigenvalue weighted by Gasteiger charge is -2.43. The number of carboxylic acid groups (broad SMARTS) is 3. The summed E-state index contributed by atoms with van der Waals surface area (Å²) >= 11 is 6.81. The summed E-state index contributed by atoms with van der Waals surface area (Å²) in [5.41, 5.74) is 2.91. The number of carboxylic acids is 3. The fraction of sp³-hybridized carbons (Fsp3) is 0.600. The van der Waals surface area contributed by atoms with Gasteiger partial charge >= 0.3 is 23.9 Å². The van der Waals surface area contributed by atoms with Gasteiger partial charge in [-0.05, 0) is 96.5 Å². The van der Waals surface area contributed by atoms with Gasteiger partial charge in [-0.25, -0.2) is 0 Å². The number of likely N-dealkylation sites (tertiary alicyclic amines) is 1. The zero-order chi connectivity index (χ0) is 55.3. The second-order valence-corrected chi connectivity index (χ2v) is 21.6. The van der Waals surface area contributed by atoms with E-state index in [2.05, 4.69) is 50.9 Å². The molecule has 0 radical (unpaired) electrons. The Hall–Kier alpha value is -6.15. The molecule has 0 spiro atoms. The van der Waals surface area contributed by atoms with E-state index in [-0.39, 0.29) is 99.8 Å². The van der Waals surface area contributed by atoms with Crippen molar-refractivity contribution in [1.82, 2.24) is 44.7 Å². The van der Waals surface area contributed by atoms with Crippen LogP contribution in [0.25, 0.3) is 10.8 Å². The third-order valence-corrected chi connectivity index (χ3v) is 16.0. The highest BCUT2D eigenvalue weighted by Gasteiger charge is 2.36. The van der Waals surface area contributed by atoms with Crippen LogP contribution in [0, 0.1) is 11.3 Å². The Kier molecular flexibility index (Phi) is 20.9. The molecule has 7 rings (SSSR count). The second-order valence-electron chi connectivity index (χ2n) is 21.2. The Morgan fingerprint density at radius 1 is 0.766 bits per heavy atom. The number of nitrogens with zero attached hydrogens (tertiary/aromatic N) is 11. The number of aromatic nitrogens is 2. The average Bonchev–Trinajstić information content (AvgIpc) is 3.85. The van der Waals surface area contributed by atoms with Gasteiger partial charge in [-0.1, -0.05) is 42.4 Å². The summed E-state index contributed by atoms with van der Waals surface area (Å²) in [7, 11) is 0. The van der Waals surface area contributed by atoms with Crippen LogP contribution in [-0.2, 0) is 36.9 Å². The Bertz CT molecular complexity index is 2600. The minimum atomic E-state index is -1.03. The number of ether oxygens (including phenoxy) is 1. The lowest BCUT2D eigenvalue weighted by Crippen LogP contribution is -2.58. The molecule has 3 aromatic rings. The van der Waals surface area contributed by atoms with Crippen molar-refractivity contribution in [2.45, 2.75) is 109 Å². The predicted octanol–water partition coefficient (Wildman–Crippen LogP) is 3.73. The molecule has 2 aromatic carbocycles. The highest BCUT2D eigenvalue weighted by atomic mass is 35.5. The quantitative estimate of drug-likeness (QED) is 0.0931. The van der Waals surface area contributed by atoms with Crippen LogP contribution in [0.4, 0.5) is 11.5 Å². The molecule has 77 heavy (non-hydrogen) atoms. The van der Waals surface area contributed by atoms with Gasteiger partial charge in [0.1, 0.15) is 12.4 Å². The highest BCUT2D eigenvalue weighted by molar-refractivity contribution is 6.36. The largest absolute Gasteiger partial charge is 0.480 e. The third kappa shape index (κ3) is 15.5. The fourth-order valence-electron chi connectivity index (χ4n) is 11.6. The minimum Gasteiger partial charge on any atom is -0.480 e. The maximum Gasteiger partial charge on any atom is 0.318 e. The summed E-state index contributed by atoms with van der Waals surface area (Å²) < 4.78 is 6.56. The summed E-state index contributed by atoms with van der Waals surface area (Å²) in [5, 5.41) is 45.0. The molecule has 1 aromatic heterocycles. The first kappa shape index (κ1) is 58.5. The van der Waals surface area contributed by atoms with Crippen LogP contribution in [0.15, 0.2) is 49.1 Å². The molecule has 5 heterocycles. The van der Waals surface area contributed by atoms with E-state index in [0.29, 0.717) is 70.4 Å². The monoisotopic (exact) mass is 1080 g/mol. The lowest BCUT2D eigenvalue weighted by molar-refractivity contribution is -0.142. The first-order valence-electron chi connectivity index (χ1n) is 27.0. The first-order valence-corrected chi connectivity index (χ1v) is 27.4. The molecule has 0 bridgehead atoms. The summed E-state index contributed by atoms with van der Waals surface area (Å²) in [6.07, 6.45) is 5.66. The van der Waals surface area contributed by atoms with Crippen molar-refractivity contribution >= 4 is 63.6 Å². The van der Waals surface area contributed by atoms with Crippen molar-refractivity contribution in [2.75, 3.05) is 115 Å². The van der Waals surface area contributed by atoms with E-state index in [0.717, 1.165) is 72.3 Å². The molecule has 3 saturated heterocycles. The van der Waals surface area contributed by atoms with Crippen LogP contribution in [0.5, 0.6) is 6.01 Å². The fourth-order valence-corrected chi connectivity index (χ4v) is 11.9. The van der Waals surface area contributed by atoms with Gasteiger partial charge in [-0.3, -0.25) is 48.5 Å². The van der Waals surface area contributed by atoms with Crippen LogP contribution in [-0.4, -0.2) is 225 Å². The van der Waals surface area contributed by atoms with Crippen LogP contribution in [0.2, 0.25) is 5.02 Å². The van der Waals surface area contributed by atoms with Gasteiger partial charge < -0.3 is 40.1 Å². The number of carbonyl (C=O) groups excluding carboxylic acids is 2. The van der Waals surface area contributed by atoms with E-state index < -0.39 is 17.9 Å². The summed E-state index contributed by atoms with van der Waals surface area (Å²) in [4.78, 5) is 88.6. The number of aliphatic carboxylic acids is 3. The zero-order valence-electron chi connectivity index (χ0n) is 45.1. The van der Waals surface area contributed by atoms with E-state index in [1.54, 1.807) is 19.6 Å². The van der Waals surface area contributed by atoms with E-state index >= 15 is 0 Å². The topological polar surface area (TPSA) is 243 Å². The number of amides is 2. The molecular weight excluding hydrogens is 1010 g/mol. The van der Waals surface area contributed by atoms with Crippen molar-refractivity contribution in [3.63, 3.8) is 0 Å². The summed E-state index contributed by atoms with van der Waals surface area (Å²) in [6, 6.07) is 13.1. The number of fused-ring (bicyclic) bond motifs is 2. The predicted molar refractivity (Wildman–Crippen MR) is 293 cm³/mol. The van der Waals surface area contributed by atoms with Gasteiger partial charge in [0.25, 0.3) is 0 Å². The number of piperazine rings is 1. The summed E-state index contributed by atoms with van der Waals surface area (Å²) in [5.74, 6) is -2.67. The molecule has 4 N–H and O–H groups in total. The second kappa shape index (κ2) is 27.4. The number of anilines is 2. The molecule has 4 aliphatic rings. The van der Waals surface area contributed by atoms with E-state index in [4.69, 9.17) is 26.3 Å². The van der Waals surface area contributed by atoms with Gasteiger partial charge in [0.05, 0.1) is 62.0 Å². The van der Waals surface area contributed by atoms with Gasteiger partial charge in [0.2, 0.25) is 11.8 Å². The number of carbonyl (C=O) groups is 5. The SMILES string of the molecule is C=CC(=O)N1CCN(c2nc(OC[C@@H]3CCCN3CCCCNC(=O)CN3C[C@H](C)N(CC(=O)O)C[C@H](C)N(CC(=O)O)C[C@H](C)N(CC(=O)O)C[C@@H]3C)nc3c2CCN(c2cccc4cccc(Cl)c24)C3)C[C@@H]1CC#N. The normalized spacial score (nSPS) is 23.6. The standard InChI is InChI=1S/C55H77ClN12O9/c1-6-49(70)68-25-24-63(30-42(68)17-19-57)54-44-18-23-62(47-16-10-13-41-12-9-15-45(56)53(41)47)31-46(44)59-55(60-54)77-36-43-14-11-22-61(43)21-8-7-20-58-48(69)32-64-26-38(3)66(34-51(73)74)28-40(5)67(35-52(75)76)29-39(4)65(27-37(64)2)33-50(71)72/h6,9-10,12-13,15-16,37-40,42-43H,1,7-8,11,14,17-18,20-36H2,2-5H3,(H,58,69)(H,71,72)(H,73,74)(H,75,76)/t37-,38-,39-,40-,42-,43-/m0/s1. The molecular formula is C55H77ClN12O9. The zero-order valence-corrected chi connectivity index (χ0v) is 45.8. The Labute approximate surface area is 456 Å². The molecule has 3 fully saturated rings. The minimum absolute atomic E-state index is 0.0294. The van der Waals surface area contributed by atoms with Crippen LogP contribution in [0.1, 0.15) is 71.1 Å². The number of unbranched alkanes of at least 4 members (excludes halogenated alkanes) is 1. The Balaban J connectivity index is 0.982. The molecule has 0 unspecified atom stereocenters. The smallest absolute Gasteiger partial charge is 0.318 e. The van der Waals surface area contributed by atoms with E-state index in [1.165, 1.54) is 6.08 Å². The number of hydrogen-bond acceptors (Lipinski definition) is 16. The van der Waals surface area contributed by atoms with E-state index in [1.807, 2.05) is 50.8 Å². The maximum absolute atomic E-state index is 13.7. The van der Waals surface area contributed by atoms with Crippen LogP contribution in [0.3, 0.4) is 0 Å². The average molecular weight is 1090 g/mol. The van der Waals surface area contributed by atoms with Gasteiger partial charge in [-0.2, -0.15) is 15.2 Å². The molecule has 0 saturated carbocycles.